The quantitative estimate of drug-likeness (QED) is 0.143. The van der Waals surface area contributed by atoms with Crippen LogP contribution in [0.1, 0.15) is 29.0 Å². The van der Waals surface area contributed by atoms with E-state index in [1.807, 2.05) is 22.7 Å². The van der Waals surface area contributed by atoms with Crippen molar-refractivity contribution in [2.24, 2.45) is 0 Å². The molecule has 8 aromatic carbocycles. The van der Waals surface area contributed by atoms with Gasteiger partial charge in [0, 0.05) is 63.3 Å². The van der Waals surface area contributed by atoms with Crippen LogP contribution in [0.4, 0.5) is 17.1 Å². The second-order valence-corrected chi connectivity index (χ2v) is 16.2. The molecule has 0 amide bonds. The summed E-state index contributed by atoms with van der Waals surface area (Å²) in [5, 5.41) is 5.32. The van der Waals surface area contributed by atoms with E-state index in [4.69, 9.17) is 0 Å². The van der Waals surface area contributed by atoms with Gasteiger partial charge < -0.3 is 4.90 Å². The lowest BCUT2D eigenvalue weighted by Crippen LogP contribution is -2.09. The topological polar surface area (TPSA) is 3.24 Å². The number of nitrogens with zero attached hydrogens (tertiary/aromatic N) is 1. The van der Waals surface area contributed by atoms with Crippen LogP contribution in [0.3, 0.4) is 0 Å². The summed E-state index contributed by atoms with van der Waals surface area (Å²) < 4.78 is 5.29. The molecule has 0 saturated heterocycles. The molecule has 0 saturated carbocycles. The lowest BCUT2D eigenvalue weighted by Gasteiger charge is -2.25. The summed E-state index contributed by atoms with van der Waals surface area (Å²) in [6.07, 6.45) is 2.12. The van der Waals surface area contributed by atoms with Crippen LogP contribution in [0, 0.1) is 0 Å². The lowest BCUT2D eigenvalue weighted by molar-refractivity contribution is 0.716. The van der Waals surface area contributed by atoms with Crippen molar-refractivity contribution in [2.45, 2.75) is 18.8 Å². The van der Waals surface area contributed by atoms with Crippen molar-refractivity contribution in [1.29, 1.82) is 0 Å². The molecule has 0 spiro atoms. The Balaban J connectivity index is 0.973. The van der Waals surface area contributed by atoms with Gasteiger partial charge in [-0.2, -0.15) is 0 Å². The molecule has 10 aromatic rings. The highest BCUT2D eigenvalue weighted by molar-refractivity contribution is 7.26. The molecule has 1 atom stereocenters. The van der Waals surface area contributed by atoms with E-state index in [0.717, 1.165) is 29.9 Å². The van der Waals surface area contributed by atoms with Gasteiger partial charge in [-0.05, 0) is 101 Å². The number of hydrogen-bond acceptors (Lipinski definition) is 3. The fourth-order valence-corrected chi connectivity index (χ4v) is 10.3. The van der Waals surface area contributed by atoms with Crippen molar-refractivity contribution in [3.05, 3.63) is 211 Å². The van der Waals surface area contributed by atoms with Crippen molar-refractivity contribution in [1.82, 2.24) is 0 Å². The van der Waals surface area contributed by atoms with Gasteiger partial charge in [0.05, 0.1) is 0 Å². The Kier molecular flexibility index (Phi) is 8.52. The van der Waals surface area contributed by atoms with Crippen LogP contribution in [0.2, 0.25) is 0 Å². The number of fused-ring (bicyclic) bond motifs is 6. The van der Waals surface area contributed by atoms with Gasteiger partial charge in [-0.1, -0.05) is 133 Å². The minimum Gasteiger partial charge on any atom is -0.310 e. The van der Waals surface area contributed by atoms with E-state index in [0.29, 0.717) is 5.92 Å². The Bertz CT molecular complexity index is 2870. The molecule has 10 rings (SSSR count). The largest absolute Gasteiger partial charge is 0.310 e. The van der Waals surface area contributed by atoms with Crippen LogP contribution in [0.15, 0.2) is 194 Å². The fourth-order valence-electron chi connectivity index (χ4n) is 8.04. The summed E-state index contributed by atoms with van der Waals surface area (Å²) in [4.78, 5) is 2.36. The fraction of sp³-hybridized carbons (Fsp3) is 0.0588. The van der Waals surface area contributed by atoms with Crippen molar-refractivity contribution < 1.29 is 0 Å². The number of benzene rings is 8. The zero-order valence-electron chi connectivity index (χ0n) is 29.7. The van der Waals surface area contributed by atoms with Gasteiger partial charge in [0.15, 0.2) is 0 Å². The average molecular weight is 728 g/mol. The molecular weight excluding hydrogens is 691 g/mol. The van der Waals surface area contributed by atoms with Crippen molar-refractivity contribution in [3.8, 4) is 11.1 Å². The lowest BCUT2D eigenvalue weighted by atomic mass is 9.86. The zero-order chi connectivity index (χ0) is 35.8. The second kappa shape index (κ2) is 14.1. The van der Waals surface area contributed by atoms with Gasteiger partial charge in [0.25, 0.3) is 0 Å². The third kappa shape index (κ3) is 6.16. The van der Waals surface area contributed by atoms with E-state index in [1.165, 1.54) is 68.2 Å². The molecule has 0 N–H and O–H groups in total. The molecule has 1 unspecified atom stereocenters. The summed E-state index contributed by atoms with van der Waals surface area (Å²) in [6, 6.07) is 71.4. The molecule has 0 aliphatic rings. The van der Waals surface area contributed by atoms with E-state index < -0.39 is 0 Å². The van der Waals surface area contributed by atoms with Crippen LogP contribution in [0.5, 0.6) is 0 Å². The minimum atomic E-state index is 0.339. The van der Waals surface area contributed by atoms with E-state index >= 15 is 0 Å². The van der Waals surface area contributed by atoms with E-state index in [9.17, 15) is 0 Å². The monoisotopic (exact) mass is 727 g/mol. The molecule has 0 radical (unpaired) electrons. The number of thiophene rings is 2. The Hall–Kier alpha value is -6.00. The normalized spacial score (nSPS) is 12.1. The number of anilines is 3. The summed E-state index contributed by atoms with van der Waals surface area (Å²) in [7, 11) is 0. The molecule has 54 heavy (non-hydrogen) atoms. The molecule has 2 aromatic heterocycles. The number of para-hydroxylation sites is 1. The Morgan fingerprint density at radius 2 is 0.944 bits per heavy atom. The molecule has 3 heteroatoms. The van der Waals surface area contributed by atoms with Crippen LogP contribution >= 0.6 is 22.7 Å². The molecule has 0 aliphatic carbocycles. The minimum absolute atomic E-state index is 0.339. The molecule has 258 valence electrons. The molecule has 2 heterocycles. The second-order valence-electron chi connectivity index (χ2n) is 14.1. The molecule has 0 aliphatic heterocycles. The summed E-state index contributed by atoms with van der Waals surface area (Å²) in [5.74, 6) is 0.339. The van der Waals surface area contributed by atoms with Gasteiger partial charge >= 0.3 is 0 Å². The maximum absolute atomic E-state index is 2.46. The predicted octanol–water partition coefficient (Wildman–Crippen LogP) is 15.3. The highest BCUT2D eigenvalue weighted by Gasteiger charge is 2.18. The maximum Gasteiger partial charge on any atom is 0.0476 e. The molecule has 1 nitrogen and oxygen atoms in total. The number of aryl methyl sites for hydroxylation is 1. The van der Waals surface area contributed by atoms with E-state index in [-0.39, 0.29) is 0 Å². The summed E-state index contributed by atoms with van der Waals surface area (Å²) in [5.41, 5.74) is 10.1. The van der Waals surface area contributed by atoms with Gasteiger partial charge in [-0.15, -0.1) is 22.7 Å². The SMILES string of the molecule is c1ccc(CCC(c2ccccc2)c2ccc3sc4cc(-c5ccc(N(c6ccccc6)c6ccc7c(c6)sc6ccccc67)cc5)ccc4c3c2)cc1. The van der Waals surface area contributed by atoms with Crippen LogP contribution in [-0.2, 0) is 6.42 Å². The van der Waals surface area contributed by atoms with Gasteiger partial charge in [0.1, 0.15) is 0 Å². The standard InChI is InChI=1S/C51H37NS2/c1-4-12-35(13-5-1)20-28-43(37-14-6-2-7-15-37)39-24-31-49-47(32-39)46-29-23-38(33-50(46)54-49)36-21-25-41(26-22-36)52(40-16-8-3-9-17-40)42-27-30-45-44-18-10-11-19-48(44)53-51(45)34-42/h1-19,21-27,29-34,43H,20,28H2. The van der Waals surface area contributed by atoms with Crippen LogP contribution in [-0.4, -0.2) is 0 Å². The maximum atomic E-state index is 2.46. The first-order chi connectivity index (χ1) is 26.7. The molecule has 0 bridgehead atoms. The van der Waals surface area contributed by atoms with Crippen molar-refractivity contribution in [3.63, 3.8) is 0 Å². The van der Waals surface area contributed by atoms with Crippen molar-refractivity contribution in [2.75, 3.05) is 4.90 Å². The number of rotatable bonds is 9. The zero-order valence-corrected chi connectivity index (χ0v) is 31.4. The van der Waals surface area contributed by atoms with Crippen molar-refractivity contribution >= 4 is 80.1 Å². The van der Waals surface area contributed by atoms with Gasteiger partial charge in [-0.25, -0.2) is 0 Å². The first-order valence-electron chi connectivity index (χ1n) is 18.7. The first-order valence-corrected chi connectivity index (χ1v) is 20.3. The van der Waals surface area contributed by atoms with E-state index in [1.54, 1.807) is 0 Å². The Morgan fingerprint density at radius 1 is 0.370 bits per heavy atom. The Labute approximate surface area is 324 Å². The highest BCUT2D eigenvalue weighted by Crippen LogP contribution is 2.42. The predicted molar refractivity (Wildman–Crippen MR) is 235 cm³/mol. The summed E-state index contributed by atoms with van der Waals surface area (Å²) >= 11 is 3.76. The third-order valence-electron chi connectivity index (χ3n) is 10.8. The Morgan fingerprint density at radius 3 is 1.74 bits per heavy atom. The van der Waals surface area contributed by atoms with Crippen LogP contribution in [0.25, 0.3) is 51.5 Å². The smallest absolute Gasteiger partial charge is 0.0476 e. The van der Waals surface area contributed by atoms with Gasteiger partial charge in [0.2, 0.25) is 0 Å². The first kappa shape index (κ1) is 32.6. The van der Waals surface area contributed by atoms with Crippen LogP contribution < -0.4 is 4.90 Å². The van der Waals surface area contributed by atoms with Gasteiger partial charge in [-0.3, -0.25) is 0 Å². The summed E-state index contributed by atoms with van der Waals surface area (Å²) in [6.45, 7) is 0. The van der Waals surface area contributed by atoms with E-state index in [2.05, 4.69) is 199 Å². The molecular formula is C51H37NS2. The number of hydrogen-bond donors (Lipinski definition) is 0. The highest BCUT2D eigenvalue weighted by atomic mass is 32.1. The average Bonchev–Trinajstić information content (AvgIpc) is 3.80. The third-order valence-corrected chi connectivity index (χ3v) is 13.0. The molecule has 0 fully saturated rings.